The van der Waals surface area contributed by atoms with Gasteiger partial charge in [-0.2, -0.15) is 14.9 Å². The van der Waals surface area contributed by atoms with E-state index in [2.05, 4.69) is 15.3 Å². The average molecular weight is 375 g/mol. The van der Waals surface area contributed by atoms with Crippen molar-refractivity contribution in [2.75, 3.05) is 0 Å². The van der Waals surface area contributed by atoms with Crippen molar-refractivity contribution in [3.8, 4) is 11.4 Å². The third-order valence-electron chi connectivity index (χ3n) is 3.15. The zero-order chi connectivity index (χ0) is 16.9. The molecule has 0 amide bonds. The lowest BCUT2D eigenvalue weighted by Crippen LogP contribution is -1.94. The molecule has 0 bridgehead atoms. The maximum Gasteiger partial charge on any atom is 0.216 e. The number of aromatic amines is 1. The third-order valence-corrected chi connectivity index (χ3v) is 3.88. The lowest BCUT2D eigenvalue weighted by Gasteiger charge is -2.01. The lowest BCUT2D eigenvalue weighted by molar-refractivity contribution is 0.872. The Balaban J connectivity index is 1.90. The summed E-state index contributed by atoms with van der Waals surface area (Å²) in [5.41, 5.74) is 1.83. The molecule has 1 heterocycles. The van der Waals surface area contributed by atoms with Gasteiger partial charge in [-0.3, -0.25) is 0 Å². The van der Waals surface area contributed by atoms with Crippen molar-refractivity contribution in [1.29, 1.82) is 0 Å². The molecule has 120 valence electrons. The largest absolute Gasteiger partial charge is 0.250 e. The fourth-order valence-corrected chi connectivity index (χ4v) is 2.52. The number of hydrogen-bond acceptors (Lipinski definition) is 3. The van der Waals surface area contributed by atoms with Gasteiger partial charge >= 0.3 is 0 Å². The summed E-state index contributed by atoms with van der Waals surface area (Å²) in [7, 11) is 0. The normalized spacial score (nSPS) is 12.0. The van der Waals surface area contributed by atoms with E-state index in [-0.39, 0.29) is 0 Å². The first-order valence-corrected chi connectivity index (χ1v) is 8.20. The van der Waals surface area contributed by atoms with Crippen LogP contribution in [0.4, 0.5) is 0 Å². The molecule has 0 radical (unpaired) electrons. The first kappa shape index (κ1) is 16.6. The summed E-state index contributed by atoms with van der Waals surface area (Å²) < 4.78 is 1.89. The van der Waals surface area contributed by atoms with Gasteiger partial charge in [0.05, 0.1) is 11.2 Å². The van der Waals surface area contributed by atoms with E-state index < -0.39 is 0 Å². The molecular formula is C17H12Cl2N4S. The number of benzene rings is 2. The third kappa shape index (κ3) is 4.00. The predicted molar refractivity (Wildman–Crippen MR) is 102 cm³/mol. The van der Waals surface area contributed by atoms with Gasteiger partial charge in [-0.1, -0.05) is 53.5 Å². The molecule has 0 atom stereocenters. The van der Waals surface area contributed by atoms with Crippen LogP contribution < -0.4 is 0 Å². The number of H-pyrrole nitrogens is 1. The zero-order valence-corrected chi connectivity index (χ0v) is 14.7. The van der Waals surface area contributed by atoms with Gasteiger partial charge in [-0.25, -0.2) is 5.10 Å². The summed E-state index contributed by atoms with van der Waals surface area (Å²) in [5.74, 6) is 0.581. The van der Waals surface area contributed by atoms with Gasteiger partial charge in [0.15, 0.2) is 5.82 Å². The van der Waals surface area contributed by atoms with Gasteiger partial charge in [0.1, 0.15) is 0 Å². The van der Waals surface area contributed by atoms with Crippen LogP contribution >= 0.6 is 35.4 Å². The van der Waals surface area contributed by atoms with Crippen molar-refractivity contribution in [3.63, 3.8) is 0 Å². The minimum absolute atomic E-state index is 0.375. The van der Waals surface area contributed by atoms with Crippen LogP contribution in [-0.2, 0) is 0 Å². The summed E-state index contributed by atoms with van der Waals surface area (Å²) in [4.78, 5) is 0. The van der Waals surface area contributed by atoms with Gasteiger partial charge in [0.2, 0.25) is 4.77 Å². The predicted octanol–water partition coefficient (Wildman–Crippen LogP) is 5.37. The quantitative estimate of drug-likeness (QED) is 0.492. The Hall–Kier alpha value is -2.21. The van der Waals surface area contributed by atoms with Crippen LogP contribution in [0.1, 0.15) is 5.56 Å². The molecule has 1 aromatic heterocycles. The molecule has 0 saturated carbocycles. The van der Waals surface area contributed by atoms with Crippen molar-refractivity contribution in [1.82, 2.24) is 14.9 Å². The summed E-state index contributed by atoms with van der Waals surface area (Å²) in [5, 5.41) is 12.4. The highest BCUT2D eigenvalue weighted by Crippen LogP contribution is 2.20. The van der Waals surface area contributed by atoms with Crippen molar-refractivity contribution >= 4 is 47.7 Å². The number of halogens is 2. The summed E-state index contributed by atoms with van der Waals surface area (Å²) in [6, 6.07) is 17.0. The van der Waals surface area contributed by atoms with Crippen LogP contribution in [0.25, 0.3) is 17.5 Å². The number of aromatic nitrogens is 3. The average Bonchev–Trinajstić information content (AvgIpc) is 2.95. The molecule has 7 heteroatoms. The van der Waals surface area contributed by atoms with Crippen molar-refractivity contribution in [2.45, 2.75) is 0 Å². The molecular weight excluding hydrogens is 363 g/mol. The molecule has 3 rings (SSSR count). The van der Waals surface area contributed by atoms with Crippen molar-refractivity contribution in [3.05, 3.63) is 75.0 Å². The fraction of sp³-hybridized carbons (Fsp3) is 0. The van der Waals surface area contributed by atoms with E-state index in [0.29, 0.717) is 20.7 Å². The fourth-order valence-electron chi connectivity index (χ4n) is 2.04. The molecule has 0 saturated heterocycles. The number of nitrogens with zero attached hydrogens (tertiary/aromatic N) is 3. The van der Waals surface area contributed by atoms with Gasteiger partial charge in [0.25, 0.3) is 0 Å². The summed E-state index contributed by atoms with van der Waals surface area (Å²) >= 11 is 17.4. The molecule has 0 aliphatic rings. The van der Waals surface area contributed by atoms with Crippen molar-refractivity contribution < 1.29 is 0 Å². The summed E-state index contributed by atoms with van der Waals surface area (Å²) in [6.07, 6.45) is 3.34. The first-order valence-electron chi connectivity index (χ1n) is 7.03. The van der Waals surface area contributed by atoms with Gasteiger partial charge in [0, 0.05) is 10.6 Å². The van der Waals surface area contributed by atoms with Crippen LogP contribution in [0.2, 0.25) is 5.02 Å². The smallest absolute Gasteiger partial charge is 0.216 e. The maximum atomic E-state index is 6.22. The first-order chi connectivity index (χ1) is 11.6. The Morgan fingerprint density at radius 1 is 1.12 bits per heavy atom. The molecule has 0 aliphatic heterocycles. The van der Waals surface area contributed by atoms with E-state index in [0.717, 1.165) is 11.1 Å². The highest BCUT2D eigenvalue weighted by molar-refractivity contribution is 7.71. The van der Waals surface area contributed by atoms with E-state index in [1.165, 1.54) is 10.9 Å². The number of allylic oxidation sites excluding steroid dienone is 1. The Bertz CT molecular complexity index is 941. The minimum Gasteiger partial charge on any atom is -0.250 e. The number of rotatable bonds is 4. The monoisotopic (exact) mass is 374 g/mol. The van der Waals surface area contributed by atoms with Crippen molar-refractivity contribution in [2.24, 2.45) is 5.10 Å². The Kier molecular flexibility index (Phi) is 5.25. The highest BCUT2D eigenvalue weighted by Gasteiger charge is 2.07. The molecule has 1 N–H and O–H groups in total. The molecule has 4 nitrogen and oxygen atoms in total. The second-order valence-corrected chi connectivity index (χ2v) is 6.12. The molecule has 3 aromatic rings. The van der Waals surface area contributed by atoms with Crippen LogP contribution in [-0.4, -0.2) is 21.1 Å². The second-order valence-electron chi connectivity index (χ2n) is 4.86. The SMILES string of the molecule is S=c1[nH]nc(-c2ccc(Cl)cc2)n1/N=C\C(Cl)=C\c1ccccc1. The number of nitrogens with one attached hydrogen (secondary N) is 1. The van der Waals surface area contributed by atoms with Crippen LogP contribution in [0, 0.1) is 4.77 Å². The van der Waals surface area contributed by atoms with Gasteiger partial charge < -0.3 is 0 Å². The molecule has 0 aliphatic carbocycles. The Morgan fingerprint density at radius 3 is 2.54 bits per heavy atom. The van der Waals surface area contributed by atoms with E-state index in [9.17, 15) is 0 Å². The van der Waals surface area contributed by atoms with Crippen LogP contribution in [0.5, 0.6) is 0 Å². The van der Waals surface area contributed by atoms with E-state index >= 15 is 0 Å². The maximum absolute atomic E-state index is 6.22. The van der Waals surface area contributed by atoms with Gasteiger partial charge in [-0.05, 0) is 48.1 Å². The highest BCUT2D eigenvalue weighted by atomic mass is 35.5. The minimum atomic E-state index is 0.375. The summed E-state index contributed by atoms with van der Waals surface area (Å²) in [6.45, 7) is 0. The van der Waals surface area contributed by atoms with Gasteiger partial charge in [-0.15, -0.1) is 0 Å². The van der Waals surface area contributed by atoms with E-state index in [4.69, 9.17) is 35.4 Å². The Labute approximate surface area is 154 Å². The second kappa shape index (κ2) is 7.57. The van der Waals surface area contributed by atoms with Crippen LogP contribution in [0.3, 0.4) is 0 Å². The molecule has 24 heavy (non-hydrogen) atoms. The standard InChI is InChI=1S/C17H12Cl2N4S/c18-14-8-6-13(7-9-14)16-21-22-17(24)23(16)20-11-15(19)10-12-4-2-1-3-5-12/h1-11H,(H,22,24)/b15-10-,20-11-. The Morgan fingerprint density at radius 2 is 1.83 bits per heavy atom. The lowest BCUT2D eigenvalue weighted by atomic mass is 10.2. The zero-order valence-electron chi connectivity index (χ0n) is 12.4. The van der Waals surface area contributed by atoms with Crippen LogP contribution in [0.15, 0.2) is 64.7 Å². The topological polar surface area (TPSA) is 46.0 Å². The molecule has 0 fully saturated rings. The number of hydrogen-bond donors (Lipinski definition) is 1. The molecule has 0 unspecified atom stereocenters. The molecule has 2 aromatic carbocycles. The van der Waals surface area contributed by atoms with E-state index in [1.807, 2.05) is 48.5 Å². The molecule has 0 spiro atoms. The van der Waals surface area contributed by atoms with E-state index in [1.54, 1.807) is 12.1 Å².